The average Bonchev–Trinajstić information content (AvgIpc) is 3.33. The van der Waals surface area contributed by atoms with Gasteiger partial charge in [-0.2, -0.15) is 15.3 Å². The standard InChI is InChI=1S/C15H17N5O3/c1-2-3-5-15(19-20-15)6-7-16-13(21)12-10-9-23-8-4-11(10)17-18-14(12)22/h1H,3-9H2,(H,16,21)(H,18,22). The minimum absolute atomic E-state index is 0.0806. The molecule has 0 bridgehead atoms. The van der Waals surface area contributed by atoms with E-state index in [1.165, 1.54) is 0 Å². The zero-order valence-electron chi connectivity index (χ0n) is 12.6. The van der Waals surface area contributed by atoms with Gasteiger partial charge >= 0.3 is 0 Å². The molecule has 0 fully saturated rings. The molecular formula is C15H17N5O3. The third-order valence-corrected chi connectivity index (χ3v) is 3.99. The highest BCUT2D eigenvalue weighted by Gasteiger charge is 2.38. The lowest BCUT2D eigenvalue weighted by atomic mass is 10.0. The third kappa shape index (κ3) is 3.29. The normalized spacial score (nSPS) is 17.2. The van der Waals surface area contributed by atoms with Crippen LogP contribution >= 0.6 is 0 Å². The Labute approximate surface area is 132 Å². The number of rotatable bonds is 6. The summed E-state index contributed by atoms with van der Waals surface area (Å²) in [4.78, 5) is 24.3. The number of terminal acetylenes is 1. The Morgan fingerprint density at radius 2 is 2.26 bits per heavy atom. The molecule has 120 valence electrons. The van der Waals surface area contributed by atoms with E-state index in [0.717, 1.165) is 0 Å². The van der Waals surface area contributed by atoms with Gasteiger partial charge in [-0.05, 0) is 0 Å². The molecule has 0 atom stereocenters. The van der Waals surface area contributed by atoms with Gasteiger partial charge in [0, 0.05) is 37.8 Å². The van der Waals surface area contributed by atoms with Gasteiger partial charge in [0.2, 0.25) is 0 Å². The maximum absolute atomic E-state index is 12.3. The number of aromatic nitrogens is 2. The van der Waals surface area contributed by atoms with Crippen LogP contribution < -0.4 is 10.9 Å². The van der Waals surface area contributed by atoms with E-state index in [2.05, 4.69) is 31.7 Å². The van der Waals surface area contributed by atoms with Crippen LogP contribution in [0.2, 0.25) is 0 Å². The van der Waals surface area contributed by atoms with Crippen LogP contribution in [-0.4, -0.2) is 34.9 Å². The second-order valence-corrected chi connectivity index (χ2v) is 5.55. The van der Waals surface area contributed by atoms with Crippen LogP contribution in [0.1, 0.15) is 40.9 Å². The Hall–Kier alpha value is -2.53. The van der Waals surface area contributed by atoms with Gasteiger partial charge in [0.15, 0.2) is 5.66 Å². The number of amides is 1. The van der Waals surface area contributed by atoms with Gasteiger partial charge in [-0.15, -0.1) is 12.3 Å². The van der Waals surface area contributed by atoms with E-state index in [9.17, 15) is 9.59 Å². The summed E-state index contributed by atoms with van der Waals surface area (Å²) in [6.45, 7) is 1.13. The summed E-state index contributed by atoms with van der Waals surface area (Å²) < 4.78 is 5.33. The van der Waals surface area contributed by atoms with Crippen LogP contribution in [-0.2, 0) is 17.8 Å². The van der Waals surface area contributed by atoms with Crippen molar-refractivity contribution in [3.63, 3.8) is 0 Å². The van der Waals surface area contributed by atoms with Crippen LogP contribution in [0.5, 0.6) is 0 Å². The van der Waals surface area contributed by atoms with Crippen molar-refractivity contribution in [2.24, 2.45) is 10.2 Å². The van der Waals surface area contributed by atoms with E-state index >= 15 is 0 Å². The van der Waals surface area contributed by atoms with E-state index in [0.29, 0.717) is 50.1 Å². The molecule has 0 aliphatic carbocycles. The fourth-order valence-corrected chi connectivity index (χ4v) is 2.60. The molecule has 1 aromatic heterocycles. The number of nitrogens with one attached hydrogen (secondary N) is 2. The Balaban J connectivity index is 1.63. The molecule has 1 aromatic rings. The fourth-order valence-electron chi connectivity index (χ4n) is 2.60. The first kappa shape index (κ1) is 15.4. The molecule has 0 unspecified atom stereocenters. The van der Waals surface area contributed by atoms with Crippen molar-refractivity contribution in [3.8, 4) is 12.3 Å². The summed E-state index contributed by atoms with van der Waals surface area (Å²) in [5.74, 6) is 2.13. The van der Waals surface area contributed by atoms with Gasteiger partial charge < -0.3 is 10.1 Å². The van der Waals surface area contributed by atoms with Crippen molar-refractivity contribution >= 4 is 5.91 Å². The minimum atomic E-state index is -0.505. The van der Waals surface area contributed by atoms with Gasteiger partial charge in [-0.25, -0.2) is 5.10 Å². The highest BCUT2D eigenvalue weighted by molar-refractivity contribution is 5.95. The first-order chi connectivity index (χ1) is 11.2. The lowest BCUT2D eigenvalue weighted by Crippen LogP contribution is -2.35. The van der Waals surface area contributed by atoms with Gasteiger partial charge in [0.1, 0.15) is 5.56 Å². The summed E-state index contributed by atoms with van der Waals surface area (Å²) in [6, 6.07) is 0. The second-order valence-electron chi connectivity index (χ2n) is 5.55. The summed E-state index contributed by atoms with van der Waals surface area (Å²) >= 11 is 0. The Kier molecular flexibility index (Phi) is 4.21. The molecule has 0 spiro atoms. The van der Waals surface area contributed by atoms with Gasteiger partial charge in [-0.3, -0.25) is 9.59 Å². The number of aromatic amines is 1. The Bertz CT molecular complexity index is 740. The molecule has 0 radical (unpaired) electrons. The molecular weight excluding hydrogens is 298 g/mol. The quantitative estimate of drug-likeness (QED) is 0.747. The summed E-state index contributed by atoms with van der Waals surface area (Å²) in [5, 5.41) is 17.1. The number of H-pyrrole nitrogens is 1. The van der Waals surface area contributed by atoms with Gasteiger partial charge in [0.05, 0.1) is 18.9 Å². The number of hydrogen-bond acceptors (Lipinski definition) is 6. The lowest BCUT2D eigenvalue weighted by molar-refractivity contribution is 0.0917. The predicted molar refractivity (Wildman–Crippen MR) is 80.8 cm³/mol. The van der Waals surface area contributed by atoms with Crippen molar-refractivity contribution in [1.29, 1.82) is 0 Å². The SMILES string of the molecule is C#CCCC1(CCNC(=O)c2c3c(n[nH]c2=O)CCOC3)N=N1. The van der Waals surface area contributed by atoms with Crippen LogP contribution in [0.25, 0.3) is 0 Å². The molecule has 2 N–H and O–H groups in total. The summed E-state index contributed by atoms with van der Waals surface area (Å²) in [7, 11) is 0. The molecule has 0 saturated heterocycles. The minimum Gasteiger partial charge on any atom is -0.376 e. The van der Waals surface area contributed by atoms with Gasteiger partial charge in [-0.1, -0.05) is 0 Å². The van der Waals surface area contributed by atoms with Crippen LogP contribution in [0, 0.1) is 12.3 Å². The third-order valence-electron chi connectivity index (χ3n) is 3.99. The number of nitrogens with zero attached hydrogens (tertiary/aromatic N) is 3. The second kappa shape index (κ2) is 6.30. The molecule has 1 amide bonds. The largest absolute Gasteiger partial charge is 0.376 e. The molecule has 8 nitrogen and oxygen atoms in total. The highest BCUT2D eigenvalue weighted by Crippen LogP contribution is 2.36. The molecule has 0 aromatic carbocycles. The molecule has 3 rings (SSSR count). The maximum atomic E-state index is 12.3. The number of fused-ring (bicyclic) bond motifs is 1. The van der Waals surface area contributed by atoms with Crippen molar-refractivity contribution in [1.82, 2.24) is 15.5 Å². The monoisotopic (exact) mass is 315 g/mol. The lowest BCUT2D eigenvalue weighted by Gasteiger charge is -2.17. The molecule has 2 aliphatic rings. The Morgan fingerprint density at radius 1 is 1.43 bits per heavy atom. The summed E-state index contributed by atoms with van der Waals surface area (Å²) in [5.41, 5.74) is 0.401. The first-order valence-corrected chi connectivity index (χ1v) is 7.49. The topological polar surface area (TPSA) is 109 Å². The molecule has 8 heteroatoms. The average molecular weight is 315 g/mol. The van der Waals surface area contributed by atoms with E-state index in [4.69, 9.17) is 11.2 Å². The predicted octanol–water partition coefficient (Wildman–Crippen LogP) is 0.538. The van der Waals surface area contributed by atoms with E-state index in [1.54, 1.807) is 0 Å². The molecule has 3 heterocycles. The smallest absolute Gasteiger partial charge is 0.277 e. The number of carbonyl (C=O) groups is 1. The van der Waals surface area contributed by atoms with Crippen LogP contribution in [0.3, 0.4) is 0 Å². The van der Waals surface area contributed by atoms with Gasteiger partial charge in [0.25, 0.3) is 11.5 Å². The van der Waals surface area contributed by atoms with Crippen LogP contribution in [0.15, 0.2) is 15.0 Å². The molecule has 2 aliphatic heterocycles. The van der Waals surface area contributed by atoms with Crippen molar-refractivity contribution in [2.75, 3.05) is 13.2 Å². The number of hydrogen-bond donors (Lipinski definition) is 2. The first-order valence-electron chi connectivity index (χ1n) is 7.49. The maximum Gasteiger partial charge on any atom is 0.277 e. The fraction of sp³-hybridized carbons (Fsp3) is 0.533. The van der Waals surface area contributed by atoms with Crippen LogP contribution in [0.4, 0.5) is 0 Å². The zero-order chi connectivity index (χ0) is 16.3. The van der Waals surface area contributed by atoms with Crippen molar-refractivity contribution < 1.29 is 9.53 Å². The van der Waals surface area contributed by atoms with E-state index in [-0.39, 0.29) is 12.2 Å². The number of ether oxygens (including phenoxy) is 1. The van der Waals surface area contributed by atoms with Crippen molar-refractivity contribution in [2.45, 2.75) is 38.0 Å². The van der Waals surface area contributed by atoms with E-state index in [1.807, 2.05) is 0 Å². The molecule has 23 heavy (non-hydrogen) atoms. The number of carbonyl (C=O) groups excluding carboxylic acids is 1. The zero-order valence-corrected chi connectivity index (χ0v) is 12.6. The Morgan fingerprint density at radius 3 is 3.00 bits per heavy atom. The summed E-state index contributed by atoms with van der Waals surface area (Å²) in [6.07, 6.45) is 7.67. The highest BCUT2D eigenvalue weighted by atomic mass is 16.5. The van der Waals surface area contributed by atoms with E-state index < -0.39 is 17.1 Å². The molecule has 0 saturated carbocycles. The van der Waals surface area contributed by atoms with Crippen molar-refractivity contribution in [3.05, 3.63) is 27.2 Å².